The maximum atomic E-state index is 13.1. The smallest absolute Gasteiger partial charge is 0.226 e. The highest BCUT2D eigenvalue weighted by Gasteiger charge is 2.49. The fourth-order valence-electron chi connectivity index (χ4n) is 5.39. The Balaban J connectivity index is 1.13. The molecule has 0 unspecified atom stereocenters. The van der Waals surface area contributed by atoms with Gasteiger partial charge in [0.1, 0.15) is 5.75 Å². The van der Waals surface area contributed by atoms with Crippen LogP contribution in [0.15, 0.2) is 54.6 Å². The lowest BCUT2D eigenvalue weighted by Crippen LogP contribution is -2.46. The SMILES string of the molecule is COc1cccc(NC(=S)N2CCC3(CCN(C(=O)[C@@H]4C[C@H]4c4ccccc4)C3)CC2)c1. The number of rotatable bonds is 4. The van der Waals surface area contributed by atoms with Gasteiger partial charge in [0.2, 0.25) is 5.91 Å². The van der Waals surface area contributed by atoms with Gasteiger partial charge in [-0.15, -0.1) is 0 Å². The summed E-state index contributed by atoms with van der Waals surface area (Å²) in [6, 6.07) is 18.3. The second-order valence-electron chi connectivity index (χ2n) is 9.52. The van der Waals surface area contributed by atoms with E-state index in [-0.39, 0.29) is 11.3 Å². The Kier molecular flexibility index (Phi) is 5.80. The normalized spacial score (nSPS) is 23.8. The summed E-state index contributed by atoms with van der Waals surface area (Å²) >= 11 is 5.67. The lowest BCUT2D eigenvalue weighted by Gasteiger charge is -2.40. The highest BCUT2D eigenvalue weighted by Crippen LogP contribution is 2.50. The van der Waals surface area contributed by atoms with Crippen LogP contribution in [0.25, 0.3) is 0 Å². The molecule has 6 heteroatoms. The summed E-state index contributed by atoms with van der Waals surface area (Å²) in [4.78, 5) is 17.5. The van der Waals surface area contributed by atoms with E-state index in [1.54, 1.807) is 7.11 Å². The number of likely N-dealkylation sites (tertiary alicyclic amines) is 2. The van der Waals surface area contributed by atoms with Gasteiger partial charge in [-0.2, -0.15) is 0 Å². The highest BCUT2D eigenvalue weighted by molar-refractivity contribution is 7.80. The number of methoxy groups -OCH3 is 1. The Labute approximate surface area is 195 Å². The third-order valence-electron chi connectivity index (χ3n) is 7.52. The van der Waals surface area contributed by atoms with Crippen LogP contribution < -0.4 is 10.1 Å². The molecule has 1 amide bonds. The zero-order valence-electron chi connectivity index (χ0n) is 18.6. The van der Waals surface area contributed by atoms with Crippen molar-refractivity contribution in [2.24, 2.45) is 11.3 Å². The first-order valence-corrected chi connectivity index (χ1v) is 12.0. The van der Waals surface area contributed by atoms with Crippen LogP contribution in [-0.4, -0.2) is 54.1 Å². The standard InChI is InChI=1S/C26H31N3O2S/c1-31-21-9-5-8-20(16-21)27-25(32)28-13-10-26(11-14-28)12-15-29(18-26)24(30)23-17-22(23)19-6-3-2-4-7-19/h2-9,16,22-23H,10-15,17-18H2,1H3,(H,27,32)/t22-,23+/m0/s1. The van der Waals surface area contributed by atoms with Crippen LogP contribution in [0.5, 0.6) is 5.75 Å². The van der Waals surface area contributed by atoms with Gasteiger partial charge < -0.3 is 19.9 Å². The molecule has 0 aromatic heterocycles. The number of amides is 1. The molecule has 5 rings (SSSR count). The van der Waals surface area contributed by atoms with Gasteiger partial charge in [0, 0.05) is 43.9 Å². The van der Waals surface area contributed by atoms with Gasteiger partial charge in [-0.25, -0.2) is 0 Å². The number of anilines is 1. The molecule has 3 fully saturated rings. The zero-order valence-corrected chi connectivity index (χ0v) is 19.4. The molecule has 2 aromatic carbocycles. The van der Waals surface area contributed by atoms with Gasteiger partial charge in [0.15, 0.2) is 5.11 Å². The minimum Gasteiger partial charge on any atom is -0.497 e. The molecule has 5 nitrogen and oxygen atoms in total. The van der Waals surface area contributed by atoms with Crippen LogP contribution >= 0.6 is 12.2 Å². The molecule has 32 heavy (non-hydrogen) atoms. The van der Waals surface area contributed by atoms with E-state index in [0.717, 1.165) is 68.4 Å². The molecule has 1 N–H and O–H groups in total. The Morgan fingerprint density at radius 2 is 1.75 bits per heavy atom. The van der Waals surface area contributed by atoms with E-state index in [2.05, 4.69) is 39.4 Å². The van der Waals surface area contributed by atoms with Crippen molar-refractivity contribution in [3.8, 4) is 5.75 Å². The quantitative estimate of drug-likeness (QED) is 0.696. The molecule has 0 radical (unpaired) electrons. The van der Waals surface area contributed by atoms with Crippen LogP contribution in [0, 0.1) is 11.3 Å². The largest absolute Gasteiger partial charge is 0.497 e. The summed E-state index contributed by atoms with van der Waals surface area (Å²) in [6.45, 7) is 3.69. The molecule has 3 aliphatic rings. The van der Waals surface area contributed by atoms with E-state index in [9.17, 15) is 4.79 Å². The second-order valence-corrected chi connectivity index (χ2v) is 9.91. The Bertz CT molecular complexity index is 988. The van der Waals surface area contributed by atoms with E-state index in [4.69, 9.17) is 17.0 Å². The predicted molar refractivity (Wildman–Crippen MR) is 131 cm³/mol. The molecular formula is C26H31N3O2S. The average molecular weight is 450 g/mol. The summed E-state index contributed by atoms with van der Waals surface area (Å²) in [5, 5.41) is 4.12. The molecule has 1 saturated carbocycles. The predicted octanol–water partition coefficient (Wildman–Crippen LogP) is 4.51. The molecule has 2 aliphatic heterocycles. The number of piperidine rings is 1. The number of hydrogen-bond donors (Lipinski definition) is 1. The molecule has 168 valence electrons. The fraction of sp³-hybridized carbons (Fsp3) is 0.462. The van der Waals surface area contributed by atoms with E-state index in [1.165, 1.54) is 5.56 Å². The minimum atomic E-state index is 0.187. The Morgan fingerprint density at radius 3 is 2.47 bits per heavy atom. The first-order chi connectivity index (χ1) is 15.6. The third kappa shape index (κ3) is 4.33. The van der Waals surface area contributed by atoms with Crippen molar-refractivity contribution in [3.63, 3.8) is 0 Å². The van der Waals surface area contributed by atoms with Gasteiger partial charge >= 0.3 is 0 Å². The summed E-state index contributed by atoms with van der Waals surface area (Å²) in [5.74, 6) is 1.79. The molecule has 2 atom stereocenters. The van der Waals surface area contributed by atoms with Crippen molar-refractivity contribution in [3.05, 3.63) is 60.2 Å². The maximum Gasteiger partial charge on any atom is 0.226 e. The van der Waals surface area contributed by atoms with Gasteiger partial charge in [0.25, 0.3) is 0 Å². The van der Waals surface area contributed by atoms with Crippen molar-refractivity contribution in [2.45, 2.75) is 31.6 Å². The second kappa shape index (κ2) is 8.74. The van der Waals surface area contributed by atoms with Gasteiger partial charge in [-0.3, -0.25) is 4.79 Å². The number of hydrogen-bond acceptors (Lipinski definition) is 3. The topological polar surface area (TPSA) is 44.8 Å². The number of nitrogens with zero attached hydrogens (tertiary/aromatic N) is 2. The van der Waals surface area contributed by atoms with E-state index < -0.39 is 0 Å². The minimum absolute atomic E-state index is 0.187. The summed E-state index contributed by atoms with van der Waals surface area (Å²) in [7, 11) is 1.67. The van der Waals surface area contributed by atoms with Crippen LogP contribution in [0.3, 0.4) is 0 Å². The van der Waals surface area contributed by atoms with Gasteiger partial charge in [-0.05, 0) is 66.9 Å². The number of carbonyl (C=O) groups excluding carboxylic acids is 1. The summed E-state index contributed by atoms with van der Waals surface area (Å²) < 4.78 is 5.30. The molecule has 2 aromatic rings. The van der Waals surface area contributed by atoms with E-state index >= 15 is 0 Å². The molecule has 1 aliphatic carbocycles. The van der Waals surface area contributed by atoms with Crippen LogP contribution in [-0.2, 0) is 4.79 Å². The summed E-state index contributed by atoms with van der Waals surface area (Å²) in [6.07, 6.45) is 4.29. The van der Waals surface area contributed by atoms with Crippen LogP contribution in [0.1, 0.15) is 37.2 Å². The number of benzene rings is 2. The molecule has 1 spiro atoms. The van der Waals surface area contributed by atoms with Crippen LogP contribution in [0.2, 0.25) is 0 Å². The monoisotopic (exact) mass is 449 g/mol. The molecular weight excluding hydrogens is 418 g/mol. The Hall–Kier alpha value is -2.60. The van der Waals surface area contributed by atoms with Gasteiger partial charge in [-0.1, -0.05) is 36.4 Å². The number of nitrogens with one attached hydrogen (secondary N) is 1. The van der Waals surface area contributed by atoms with Crippen molar-refractivity contribution < 1.29 is 9.53 Å². The molecule has 2 saturated heterocycles. The average Bonchev–Trinajstić information content (AvgIpc) is 3.54. The fourth-order valence-corrected chi connectivity index (χ4v) is 5.69. The molecule has 0 bridgehead atoms. The first kappa shape index (κ1) is 21.3. The van der Waals surface area contributed by atoms with Crippen molar-refractivity contribution in [2.75, 3.05) is 38.6 Å². The third-order valence-corrected chi connectivity index (χ3v) is 7.88. The van der Waals surface area contributed by atoms with Crippen molar-refractivity contribution in [1.82, 2.24) is 9.80 Å². The van der Waals surface area contributed by atoms with Crippen molar-refractivity contribution in [1.29, 1.82) is 0 Å². The summed E-state index contributed by atoms with van der Waals surface area (Å²) in [5.41, 5.74) is 2.52. The van der Waals surface area contributed by atoms with Crippen molar-refractivity contribution >= 4 is 28.9 Å². The zero-order chi connectivity index (χ0) is 22.1. The first-order valence-electron chi connectivity index (χ1n) is 11.6. The lowest BCUT2D eigenvalue weighted by molar-refractivity contribution is -0.132. The van der Waals surface area contributed by atoms with E-state index in [0.29, 0.717) is 11.8 Å². The van der Waals surface area contributed by atoms with Crippen LogP contribution in [0.4, 0.5) is 5.69 Å². The van der Waals surface area contributed by atoms with E-state index in [1.807, 2.05) is 30.3 Å². The Morgan fingerprint density at radius 1 is 1.03 bits per heavy atom. The molecule has 2 heterocycles. The highest BCUT2D eigenvalue weighted by atomic mass is 32.1. The van der Waals surface area contributed by atoms with Gasteiger partial charge in [0.05, 0.1) is 7.11 Å². The number of carbonyl (C=O) groups is 1. The number of thiocarbonyl (C=S) groups is 1. The lowest BCUT2D eigenvalue weighted by atomic mass is 9.78. The number of ether oxygens (including phenoxy) is 1. The maximum absolute atomic E-state index is 13.1.